The Kier molecular flexibility index (Phi) is 5.25. The molecule has 0 heterocycles. The van der Waals surface area contributed by atoms with Crippen molar-refractivity contribution in [3.05, 3.63) is 33.8 Å². The first-order chi connectivity index (χ1) is 7.79. The maximum absolute atomic E-state index is 11.0. The first kappa shape index (κ1) is 14.8. The molecule has 1 atom stereocenters. The Morgan fingerprint density at radius 1 is 1.29 bits per heavy atom. The summed E-state index contributed by atoms with van der Waals surface area (Å²) in [5, 5.41) is 1.12. The van der Waals surface area contributed by atoms with Crippen molar-refractivity contribution in [2.75, 3.05) is 12.0 Å². The lowest BCUT2D eigenvalue weighted by molar-refractivity contribution is 0.586. The smallest absolute Gasteiger partial charge is 0.147 e. The maximum Gasteiger partial charge on any atom is 0.147 e. The van der Waals surface area contributed by atoms with E-state index < -0.39 is 9.84 Å². The van der Waals surface area contributed by atoms with Gasteiger partial charge in [0.2, 0.25) is 0 Å². The van der Waals surface area contributed by atoms with Crippen LogP contribution in [0.1, 0.15) is 12.0 Å². The number of hydrogen-bond acceptors (Lipinski definition) is 3. The van der Waals surface area contributed by atoms with Crippen LogP contribution >= 0.6 is 23.2 Å². The van der Waals surface area contributed by atoms with E-state index in [2.05, 4.69) is 0 Å². The van der Waals surface area contributed by atoms with Crippen LogP contribution in [0.4, 0.5) is 0 Å². The SMILES string of the molecule is CS(=O)(=O)CCC(N)Cc1c(Cl)cccc1Cl. The van der Waals surface area contributed by atoms with Gasteiger partial charge in [-0.3, -0.25) is 0 Å². The normalized spacial score (nSPS) is 13.6. The van der Waals surface area contributed by atoms with Crippen molar-refractivity contribution >= 4 is 33.0 Å². The number of hydrogen-bond donors (Lipinski definition) is 1. The van der Waals surface area contributed by atoms with Gasteiger partial charge < -0.3 is 5.73 Å². The third kappa shape index (κ3) is 5.25. The molecule has 1 aromatic carbocycles. The lowest BCUT2D eigenvalue weighted by Gasteiger charge is -2.13. The van der Waals surface area contributed by atoms with Gasteiger partial charge in [-0.1, -0.05) is 29.3 Å². The van der Waals surface area contributed by atoms with Crippen LogP contribution in [0.5, 0.6) is 0 Å². The van der Waals surface area contributed by atoms with Gasteiger partial charge >= 0.3 is 0 Å². The second kappa shape index (κ2) is 6.05. The molecule has 0 amide bonds. The van der Waals surface area contributed by atoms with Crippen molar-refractivity contribution in [2.24, 2.45) is 5.73 Å². The molecule has 0 saturated carbocycles. The van der Waals surface area contributed by atoms with Gasteiger partial charge in [0.25, 0.3) is 0 Å². The molecule has 0 aliphatic heterocycles. The summed E-state index contributed by atoms with van der Waals surface area (Å²) >= 11 is 12.0. The Morgan fingerprint density at radius 3 is 2.29 bits per heavy atom. The molecule has 1 aromatic rings. The molecule has 0 bridgehead atoms. The third-order valence-electron chi connectivity index (χ3n) is 2.39. The van der Waals surface area contributed by atoms with Crippen molar-refractivity contribution in [2.45, 2.75) is 18.9 Å². The van der Waals surface area contributed by atoms with Gasteiger partial charge in [-0.2, -0.15) is 0 Å². The summed E-state index contributed by atoms with van der Waals surface area (Å²) in [6.07, 6.45) is 2.08. The highest BCUT2D eigenvalue weighted by atomic mass is 35.5. The van der Waals surface area contributed by atoms with E-state index in [1.165, 1.54) is 6.26 Å². The van der Waals surface area contributed by atoms with Crippen LogP contribution in [-0.2, 0) is 16.3 Å². The van der Waals surface area contributed by atoms with E-state index in [-0.39, 0.29) is 11.8 Å². The van der Waals surface area contributed by atoms with Crippen molar-refractivity contribution in [1.82, 2.24) is 0 Å². The zero-order valence-corrected chi connectivity index (χ0v) is 11.8. The highest BCUT2D eigenvalue weighted by Gasteiger charge is 2.12. The van der Waals surface area contributed by atoms with Gasteiger partial charge in [-0.15, -0.1) is 0 Å². The summed E-state index contributed by atoms with van der Waals surface area (Å²) in [4.78, 5) is 0. The summed E-state index contributed by atoms with van der Waals surface area (Å²) in [5.41, 5.74) is 6.64. The molecule has 2 N–H and O–H groups in total. The van der Waals surface area contributed by atoms with Crippen LogP contribution in [-0.4, -0.2) is 26.5 Å². The molecular formula is C11H15Cl2NO2S. The quantitative estimate of drug-likeness (QED) is 0.907. The van der Waals surface area contributed by atoms with Crippen LogP contribution in [0.25, 0.3) is 0 Å². The topological polar surface area (TPSA) is 60.2 Å². The first-order valence-corrected chi connectivity index (χ1v) is 7.97. The Morgan fingerprint density at radius 2 is 1.82 bits per heavy atom. The molecule has 3 nitrogen and oxygen atoms in total. The predicted molar refractivity (Wildman–Crippen MR) is 72.5 cm³/mol. The van der Waals surface area contributed by atoms with Gasteiger partial charge in [-0.05, 0) is 30.5 Å². The summed E-state index contributed by atoms with van der Waals surface area (Å²) < 4.78 is 22.0. The van der Waals surface area contributed by atoms with Gasteiger partial charge in [0.05, 0.1) is 5.75 Å². The molecule has 17 heavy (non-hydrogen) atoms. The van der Waals surface area contributed by atoms with E-state index in [0.717, 1.165) is 5.56 Å². The van der Waals surface area contributed by atoms with E-state index in [9.17, 15) is 8.42 Å². The minimum Gasteiger partial charge on any atom is -0.327 e. The zero-order chi connectivity index (χ0) is 13.1. The van der Waals surface area contributed by atoms with Gasteiger partial charge in [0.15, 0.2) is 0 Å². The second-order valence-corrected chi connectivity index (χ2v) is 7.16. The fraction of sp³-hybridized carbons (Fsp3) is 0.455. The lowest BCUT2D eigenvalue weighted by Crippen LogP contribution is -2.26. The number of benzene rings is 1. The molecule has 0 saturated heterocycles. The van der Waals surface area contributed by atoms with Gasteiger partial charge in [-0.25, -0.2) is 8.42 Å². The average molecular weight is 296 g/mol. The van der Waals surface area contributed by atoms with E-state index in [4.69, 9.17) is 28.9 Å². The van der Waals surface area contributed by atoms with E-state index >= 15 is 0 Å². The summed E-state index contributed by atoms with van der Waals surface area (Å²) in [6, 6.07) is 4.98. The number of nitrogens with two attached hydrogens (primary N) is 1. The standard InChI is InChI=1S/C11H15Cl2NO2S/c1-17(15,16)6-5-8(14)7-9-10(12)3-2-4-11(9)13/h2-4,8H,5-7,14H2,1H3. The fourth-order valence-corrected chi connectivity index (χ4v) is 2.74. The van der Waals surface area contributed by atoms with Crippen molar-refractivity contribution in [3.63, 3.8) is 0 Å². The maximum atomic E-state index is 11.0. The zero-order valence-electron chi connectivity index (χ0n) is 9.49. The summed E-state index contributed by atoms with van der Waals surface area (Å²) in [7, 11) is -2.98. The highest BCUT2D eigenvalue weighted by molar-refractivity contribution is 7.90. The van der Waals surface area contributed by atoms with Crippen molar-refractivity contribution < 1.29 is 8.42 Å². The fourth-order valence-electron chi connectivity index (χ4n) is 1.46. The van der Waals surface area contributed by atoms with Crippen LogP contribution < -0.4 is 5.73 Å². The third-order valence-corrected chi connectivity index (χ3v) is 4.07. The van der Waals surface area contributed by atoms with E-state index in [1.54, 1.807) is 18.2 Å². The molecule has 1 rings (SSSR count). The van der Waals surface area contributed by atoms with Crippen LogP contribution in [0.3, 0.4) is 0 Å². The van der Waals surface area contributed by atoms with Crippen LogP contribution in [0.15, 0.2) is 18.2 Å². The molecular weight excluding hydrogens is 281 g/mol. The average Bonchev–Trinajstić information content (AvgIpc) is 2.20. The van der Waals surface area contributed by atoms with Crippen molar-refractivity contribution in [3.8, 4) is 0 Å². The molecule has 0 radical (unpaired) electrons. The van der Waals surface area contributed by atoms with E-state index in [1.807, 2.05) is 0 Å². The van der Waals surface area contributed by atoms with E-state index in [0.29, 0.717) is 22.9 Å². The summed E-state index contributed by atoms with van der Waals surface area (Å²) in [6.45, 7) is 0. The number of sulfone groups is 1. The Bertz CT molecular complexity index is 468. The highest BCUT2D eigenvalue weighted by Crippen LogP contribution is 2.25. The molecule has 1 unspecified atom stereocenters. The first-order valence-electron chi connectivity index (χ1n) is 5.16. The van der Waals surface area contributed by atoms with Gasteiger partial charge in [0, 0.05) is 22.3 Å². The number of halogens is 2. The minimum atomic E-state index is -2.98. The Balaban J connectivity index is 2.65. The predicted octanol–water partition coefficient (Wildman–Crippen LogP) is 2.30. The number of rotatable bonds is 5. The molecule has 96 valence electrons. The molecule has 0 aliphatic carbocycles. The Labute approximate surface area is 112 Å². The molecule has 0 aromatic heterocycles. The minimum absolute atomic E-state index is 0.0796. The molecule has 6 heteroatoms. The second-order valence-electron chi connectivity index (χ2n) is 4.08. The molecule has 0 spiro atoms. The molecule has 0 fully saturated rings. The van der Waals surface area contributed by atoms with Gasteiger partial charge in [0.1, 0.15) is 9.84 Å². The van der Waals surface area contributed by atoms with Crippen LogP contribution in [0, 0.1) is 0 Å². The largest absolute Gasteiger partial charge is 0.327 e. The summed E-state index contributed by atoms with van der Waals surface area (Å²) in [5.74, 6) is 0.0796. The van der Waals surface area contributed by atoms with Crippen molar-refractivity contribution in [1.29, 1.82) is 0 Å². The van der Waals surface area contributed by atoms with Crippen LogP contribution in [0.2, 0.25) is 10.0 Å². The molecule has 0 aliphatic rings. The monoisotopic (exact) mass is 295 g/mol. The Hall–Kier alpha value is -0.290. The lowest BCUT2D eigenvalue weighted by atomic mass is 10.0.